The molecule has 2 aromatic carbocycles. The summed E-state index contributed by atoms with van der Waals surface area (Å²) in [7, 11) is 1.30. The highest BCUT2D eigenvalue weighted by molar-refractivity contribution is 5.87. The minimum absolute atomic E-state index is 0.109. The molecule has 0 amide bonds. The molecule has 0 atom stereocenters. The molecule has 0 saturated heterocycles. The minimum Gasteiger partial charge on any atom is -0.473 e. The molecule has 6 heteroatoms. The van der Waals surface area contributed by atoms with Gasteiger partial charge in [-0.05, 0) is 48.2 Å². The lowest BCUT2D eigenvalue weighted by Crippen LogP contribution is -2.32. The van der Waals surface area contributed by atoms with Gasteiger partial charge in [0.2, 0.25) is 0 Å². The van der Waals surface area contributed by atoms with Crippen LogP contribution in [0.25, 0.3) is 11.0 Å². The number of hydrogen-bond donors (Lipinski definition) is 0. The monoisotopic (exact) mass is 407 g/mol. The molecule has 30 heavy (non-hydrogen) atoms. The van der Waals surface area contributed by atoms with Gasteiger partial charge in [0.1, 0.15) is 11.3 Å². The van der Waals surface area contributed by atoms with E-state index in [0.29, 0.717) is 36.1 Å². The van der Waals surface area contributed by atoms with Crippen LogP contribution in [0.4, 0.5) is 5.69 Å². The van der Waals surface area contributed by atoms with E-state index in [1.807, 2.05) is 19.1 Å². The molecule has 0 fully saturated rings. The van der Waals surface area contributed by atoms with Crippen LogP contribution in [0.5, 0.6) is 5.75 Å². The van der Waals surface area contributed by atoms with Gasteiger partial charge in [-0.15, -0.1) is 0 Å². The number of carbonyl (C=O) groups excluding carboxylic acids is 1. The van der Waals surface area contributed by atoms with E-state index in [0.717, 1.165) is 22.2 Å². The third-order valence-corrected chi connectivity index (χ3v) is 5.71. The average molecular weight is 407 g/mol. The highest BCUT2D eigenvalue weighted by Crippen LogP contribution is 2.35. The maximum Gasteiger partial charge on any atom is 0.340 e. The summed E-state index contributed by atoms with van der Waals surface area (Å²) in [5, 5.41) is 0.799. The Balaban J connectivity index is 1.74. The van der Waals surface area contributed by atoms with Gasteiger partial charge >= 0.3 is 11.6 Å². The number of rotatable bonds is 4. The Bertz CT molecular complexity index is 1160. The van der Waals surface area contributed by atoms with Crippen molar-refractivity contribution >= 4 is 22.6 Å². The lowest BCUT2D eigenvalue weighted by atomic mass is 10.00. The Morgan fingerprint density at radius 1 is 1.17 bits per heavy atom. The summed E-state index contributed by atoms with van der Waals surface area (Å²) < 4.78 is 16.3. The van der Waals surface area contributed by atoms with Crippen LogP contribution in [-0.2, 0) is 22.5 Å². The number of fused-ring (bicyclic) bond motifs is 3. The van der Waals surface area contributed by atoms with Gasteiger partial charge in [0.05, 0.1) is 31.2 Å². The molecule has 1 aliphatic heterocycles. The molecule has 156 valence electrons. The molecule has 1 aliphatic rings. The van der Waals surface area contributed by atoms with Crippen LogP contribution < -0.4 is 15.3 Å². The lowest BCUT2D eigenvalue weighted by molar-refractivity contribution is -0.139. The first-order valence-corrected chi connectivity index (χ1v) is 10.0. The van der Waals surface area contributed by atoms with E-state index in [9.17, 15) is 9.59 Å². The molecule has 4 rings (SSSR count). The van der Waals surface area contributed by atoms with Crippen LogP contribution in [-0.4, -0.2) is 19.8 Å². The number of nitrogens with zero attached hydrogens (tertiary/aromatic N) is 1. The predicted molar refractivity (Wildman–Crippen MR) is 115 cm³/mol. The van der Waals surface area contributed by atoms with Crippen molar-refractivity contribution in [3.8, 4) is 5.75 Å². The summed E-state index contributed by atoms with van der Waals surface area (Å²) in [6.07, 6.45) is -0.109. The largest absolute Gasteiger partial charge is 0.473 e. The molecule has 0 aliphatic carbocycles. The second kappa shape index (κ2) is 7.86. The Hall–Kier alpha value is -3.28. The van der Waals surface area contributed by atoms with Gasteiger partial charge in [-0.1, -0.05) is 26.0 Å². The van der Waals surface area contributed by atoms with Crippen molar-refractivity contribution in [2.24, 2.45) is 0 Å². The normalized spacial score (nSPS) is 13.3. The number of aryl methyl sites for hydroxylation is 1. The third kappa shape index (κ3) is 3.54. The molecule has 0 N–H and O–H groups in total. The van der Waals surface area contributed by atoms with E-state index in [-0.39, 0.29) is 6.42 Å². The number of benzene rings is 2. The van der Waals surface area contributed by atoms with Gasteiger partial charge in [-0.2, -0.15) is 0 Å². The van der Waals surface area contributed by atoms with Crippen LogP contribution in [0.15, 0.2) is 45.6 Å². The summed E-state index contributed by atoms with van der Waals surface area (Å²) in [5.41, 5.74) is 4.20. The number of esters is 1. The van der Waals surface area contributed by atoms with Crippen molar-refractivity contribution in [3.05, 3.63) is 69.1 Å². The van der Waals surface area contributed by atoms with Gasteiger partial charge in [-0.25, -0.2) is 4.79 Å². The van der Waals surface area contributed by atoms with Gasteiger partial charge in [-0.3, -0.25) is 4.79 Å². The van der Waals surface area contributed by atoms with Crippen molar-refractivity contribution in [3.63, 3.8) is 0 Å². The van der Waals surface area contributed by atoms with Crippen LogP contribution in [0.1, 0.15) is 42.0 Å². The standard InChI is InChI=1S/C24H25NO5/c1-14(2)16-5-7-17(8-6-16)25-12-20-21(29-13-25)10-9-18-15(3)19(11-22(26)28-4)24(27)30-23(18)20/h5-10,14H,11-13H2,1-4H3. The van der Waals surface area contributed by atoms with E-state index < -0.39 is 11.6 Å². The number of carbonyl (C=O) groups is 1. The van der Waals surface area contributed by atoms with Crippen molar-refractivity contribution in [1.29, 1.82) is 0 Å². The summed E-state index contributed by atoms with van der Waals surface area (Å²) in [4.78, 5) is 26.4. The fourth-order valence-corrected chi connectivity index (χ4v) is 3.82. The first kappa shape index (κ1) is 20.0. The Kier molecular flexibility index (Phi) is 5.24. The third-order valence-electron chi connectivity index (χ3n) is 5.71. The molecule has 0 spiro atoms. The van der Waals surface area contributed by atoms with Crippen molar-refractivity contribution in [2.45, 2.75) is 39.7 Å². The van der Waals surface area contributed by atoms with E-state index in [4.69, 9.17) is 13.9 Å². The Morgan fingerprint density at radius 3 is 2.57 bits per heavy atom. The van der Waals surface area contributed by atoms with Crippen LogP contribution in [0.2, 0.25) is 0 Å². The lowest BCUT2D eigenvalue weighted by Gasteiger charge is -2.31. The Morgan fingerprint density at radius 2 is 1.90 bits per heavy atom. The van der Waals surface area contributed by atoms with E-state index in [1.54, 1.807) is 0 Å². The number of hydrogen-bond acceptors (Lipinski definition) is 6. The molecule has 2 heterocycles. The summed E-state index contributed by atoms with van der Waals surface area (Å²) in [5.74, 6) is 0.709. The topological polar surface area (TPSA) is 69.0 Å². The predicted octanol–water partition coefficient (Wildman–Crippen LogP) is 4.30. The molecule has 1 aromatic heterocycles. The maximum atomic E-state index is 12.6. The zero-order valence-electron chi connectivity index (χ0n) is 17.7. The van der Waals surface area contributed by atoms with Crippen LogP contribution >= 0.6 is 0 Å². The molecule has 0 radical (unpaired) electrons. The number of ether oxygens (including phenoxy) is 2. The van der Waals surface area contributed by atoms with Gasteiger partial charge < -0.3 is 18.8 Å². The zero-order valence-corrected chi connectivity index (χ0v) is 17.7. The Labute approximate surface area is 175 Å². The molecule has 3 aromatic rings. The van der Waals surface area contributed by atoms with Crippen molar-refractivity contribution < 1.29 is 18.7 Å². The fraction of sp³-hybridized carbons (Fsp3) is 0.333. The average Bonchev–Trinajstić information content (AvgIpc) is 2.76. The molecular weight excluding hydrogens is 382 g/mol. The van der Waals surface area contributed by atoms with E-state index >= 15 is 0 Å². The van der Waals surface area contributed by atoms with Gasteiger partial charge in [0.15, 0.2) is 6.73 Å². The highest BCUT2D eigenvalue weighted by atomic mass is 16.5. The fourth-order valence-electron chi connectivity index (χ4n) is 3.82. The molecule has 6 nitrogen and oxygen atoms in total. The SMILES string of the molecule is COC(=O)Cc1c(C)c2ccc3c(c2oc1=O)CN(c1ccc(C(C)C)cc1)CO3. The molecular formula is C24H25NO5. The van der Waals surface area contributed by atoms with Crippen molar-refractivity contribution in [1.82, 2.24) is 0 Å². The summed E-state index contributed by atoms with van der Waals surface area (Å²) in [6.45, 7) is 7.14. The van der Waals surface area contributed by atoms with Gasteiger partial charge in [0.25, 0.3) is 0 Å². The maximum absolute atomic E-state index is 12.6. The van der Waals surface area contributed by atoms with E-state index in [1.165, 1.54) is 12.7 Å². The summed E-state index contributed by atoms with van der Waals surface area (Å²) in [6, 6.07) is 12.2. The minimum atomic E-state index is -0.516. The highest BCUT2D eigenvalue weighted by Gasteiger charge is 2.24. The van der Waals surface area contributed by atoms with E-state index in [2.05, 4.69) is 43.0 Å². The van der Waals surface area contributed by atoms with Crippen LogP contribution in [0, 0.1) is 6.92 Å². The number of methoxy groups -OCH3 is 1. The first-order chi connectivity index (χ1) is 14.4. The van der Waals surface area contributed by atoms with Gasteiger partial charge in [0, 0.05) is 11.1 Å². The van der Waals surface area contributed by atoms with Crippen LogP contribution in [0.3, 0.4) is 0 Å². The second-order valence-corrected chi connectivity index (χ2v) is 7.88. The van der Waals surface area contributed by atoms with Crippen molar-refractivity contribution in [2.75, 3.05) is 18.7 Å². The number of anilines is 1. The molecule has 0 bridgehead atoms. The smallest absolute Gasteiger partial charge is 0.340 e. The zero-order chi connectivity index (χ0) is 21.4. The summed E-state index contributed by atoms with van der Waals surface area (Å²) >= 11 is 0. The quantitative estimate of drug-likeness (QED) is 0.475. The second-order valence-electron chi connectivity index (χ2n) is 7.88. The molecule has 0 saturated carbocycles. The first-order valence-electron chi connectivity index (χ1n) is 10.0. The molecule has 0 unspecified atom stereocenters.